The average molecular weight is 151 g/mol. The molecule has 11 heavy (non-hydrogen) atoms. The number of rotatable bonds is 2. The minimum absolute atomic E-state index is 0.260. The molecule has 0 radical (unpaired) electrons. The van der Waals surface area contributed by atoms with Gasteiger partial charge in [-0.1, -0.05) is 6.92 Å². The Morgan fingerprint density at radius 2 is 2.00 bits per heavy atom. The molecule has 0 aliphatic rings. The van der Waals surface area contributed by atoms with Gasteiger partial charge < -0.3 is 5.73 Å². The quantitative estimate of drug-likeness (QED) is 0.681. The molecule has 0 bridgehead atoms. The number of nitrogens with zero attached hydrogens (tertiary/aromatic N) is 2. The van der Waals surface area contributed by atoms with Gasteiger partial charge >= 0.3 is 0 Å². The maximum atomic E-state index is 5.46. The van der Waals surface area contributed by atoms with Crippen molar-refractivity contribution in [1.82, 2.24) is 9.97 Å². The fourth-order valence-electron chi connectivity index (χ4n) is 0.762. The molecule has 0 saturated carbocycles. The molecule has 3 nitrogen and oxygen atoms in total. The highest BCUT2D eigenvalue weighted by atomic mass is 14.9. The van der Waals surface area contributed by atoms with Gasteiger partial charge in [0.2, 0.25) is 0 Å². The van der Waals surface area contributed by atoms with E-state index in [2.05, 4.69) is 9.97 Å². The van der Waals surface area contributed by atoms with Crippen molar-refractivity contribution in [1.29, 1.82) is 0 Å². The number of hydrogen-bond acceptors (Lipinski definition) is 3. The Kier molecular flexibility index (Phi) is 2.54. The standard InChI is InChI=1S/C8H13N3/c1-6-4-10-8(11-5-6)7(2)3-9/h4-5,7H,3,9H2,1-2H3. The molecule has 0 fully saturated rings. The molecule has 0 amide bonds. The van der Waals surface area contributed by atoms with Crippen molar-refractivity contribution in [2.75, 3.05) is 6.54 Å². The first kappa shape index (κ1) is 8.14. The van der Waals surface area contributed by atoms with Crippen LogP contribution in [0.25, 0.3) is 0 Å². The first-order chi connectivity index (χ1) is 5.24. The summed E-state index contributed by atoms with van der Waals surface area (Å²) in [6, 6.07) is 0. The van der Waals surface area contributed by atoms with E-state index in [9.17, 15) is 0 Å². The van der Waals surface area contributed by atoms with Gasteiger partial charge in [0.25, 0.3) is 0 Å². The third-order valence-corrected chi connectivity index (χ3v) is 1.60. The summed E-state index contributed by atoms with van der Waals surface area (Å²) in [5.74, 6) is 1.09. The Balaban J connectivity index is 2.81. The van der Waals surface area contributed by atoms with Gasteiger partial charge in [0.05, 0.1) is 0 Å². The summed E-state index contributed by atoms with van der Waals surface area (Å²) < 4.78 is 0. The van der Waals surface area contributed by atoms with Crippen molar-refractivity contribution >= 4 is 0 Å². The Hall–Kier alpha value is -0.960. The molecule has 1 aromatic rings. The molecule has 0 aliphatic carbocycles. The fraction of sp³-hybridized carbons (Fsp3) is 0.500. The van der Waals surface area contributed by atoms with Gasteiger partial charge in [-0.25, -0.2) is 9.97 Å². The van der Waals surface area contributed by atoms with E-state index in [-0.39, 0.29) is 5.92 Å². The molecule has 2 N–H and O–H groups in total. The average Bonchev–Trinajstić information content (AvgIpc) is 2.05. The second-order valence-corrected chi connectivity index (χ2v) is 2.76. The highest BCUT2D eigenvalue weighted by molar-refractivity contribution is 5.04. The van der Waals surface area contributed by atoms with Crippen LogP contribution in [0.15, 0.2) is 12.4 Å². The Morgan fingerprint density at radius 3 is 2.45 bits per heavy atom. The molecule has 1 atom stereocenters. The molecule has 60 valence electrons. The van der Waals surface area contributed by atoms with Crippen LogP contribution in [0.3, 0.4) is 0 Å². The molecule has 0 aliphatic heterocycles. The van der Waals surface area contributed by atoms with Crippen LogP contribution in [0.1, 0.15) is 24.2 Å². The number of aryl methyl sites for hydroxylation is 1. The van der Waals surface area contributed by atoms with Crippen LogP contribution in [0, 0.1) is 6.92 Å². The lowest BCUT2D eigenvalue weighted by atomic mass is 10.2. The van der Waals surface area contributed by atoms with Crippen molar-refractivity contribution in [2.24, 2.45) is 5.73 Å². The van der Waals surface area contributed by atoms with Crippen LogP contribution in [0.2, 0.25) is 0 Å². The van der Waals surface area contributed by atoms with Crippen LogP contribution in [-0.4, -0.2) is 16.5 Å². The SMILES string of the molecule is Cc1cnc(C(C)CN)nc1. The maximum absolute atomic E-state index is 5.46. The third kappa shape index (κ3) is 1.98. The normalized spacial score (nSPS) is 13.0. The molecular weight excluding hydrogens is 138 g/mol. The molecule has 1 rings (SSSR count). The van der Waals surface area contributed by atoms with Crippen molar-refractivity contribution in [2.45, 2.75) is 19.8 Å². The van der Waals surface area contributed by atoms with Gasteiger partial charge in [-0.2, -0.15) is 0 Å². The van der Waals surface area contributed by atoms with Crippen LogP contribution >= 0.6 is 0 Å². The minimum Gasteiger partial charge on any atom is -0.330 e. The molecule has 3 heteroatoms. The first-order valence-electron chi connectivity index (χ1n) is 3.72. The number of aromatic nitrogens is 2. The fourth-order valence-corrected chi connectivity index (χ4v) is 0.762. The lowest BCUT2D eigenvalue weighted by Crippen LogP contribution is -2.11. The zero-order valence-electron chi connectivity index (χ0n) is 6.91. The van der Waals surface area contributed by atoms with E-state index in [1.165, 1.54) is 0 Å². The molecule has 0 saturated heterocycles. The van der Waals surface area contributed by atoms with Gasteiger partial charge in [-0.05, 0) is 12.5 Å². The minimum atomic E-state index is 0.260. The summed E-state index contributed by atoms with van der Waals surface area (Å²) in [4.78, 5) is 8.32. The van der Waals surface area contributed by atoms with Crippen LogP contribution in [0.5, 0.6) is 0 Å². The van der Waals surface area contributed by atoms with E-state index in [0.29, 0.717) is 6.54 Å². The van der Waals surface area contributed by atoms with Crippen LogP contribution in [-0.2, 0) is 0 Å². The van der Waals surface area contributed by atoms with E-state index < -0.39 is 0 Å². The van der Waals surface area contributed by atoms with Gasteiger partial charge in [-0.3, -0.25) is 0 Å². The molecular formula is C8H13N3. The molecule has 0 spiro atoms. The molecule has 0 aromatic carbocycles. The third-order valence-electron chi connectivity index (χ3n) is 1.60. The molecule has 1 heterocycles. The summed E-state index contributed by atoms with van der Waals surface area (Å²) >= 11 is 0. The molecule has 1 aromatic heterocycles. The predicted octanol–water partition coefficient (Wildman–Crippen LogP) is 0.847. The van der Waals surface area contributed by atoms with Crippen molar-refractivity contribution in [3.63, 3.8) is 0 Å². The predicted molar refractivity (Wildman–Crippen MR) is 44.2 cm³/mol. The Morgan fingerprint density at radius 1 is 1.45 bits per heavy atom. The Labute approximate surface area is 66.7 Å². The van der Waals surface area contributed by atoms with Crippen LogP contribution in [0.4, 0.5) is 0 Å². The largest absolute Gasteiger partial charge is 0.330 e. The van der Waals surface area contributed by atoms with Crippen molar-refractivity contribution in [3.05, 3.63) is 23.8 Å². The highest BCUT2D eigenvalue weighted by Gasteiger charge is 2.04. The van der Waals surface area contributed by atoms with E-state index in [4.69, 9.17) is 5.73 Å². The summed E-state index contributed by atoms with van der Waals surface area (Å²) in [6.07, 6.45) is 3.63. The summed E-state index contributed by atoms with van der Waals surface area (Å²) in [5.41, 5.74) is 6.54. The number of nitrogens with two attached hydrogens (primary N) is 1. The lowest BCUT2D eigenvalue weighted by molar-refractivity contribution is 0.709. The monoisotopic (exact) mass is 151 g/mol. The topological polar surface area (TPSA) is 51.8 Å². The van der Waals surface area contributed by atoms with Crippen LogP contribution < -0.4 is 5.73 Å². The van der Waals surface area contributed by atoms with E-state index >= 15 is 0 Å². The van der Waals surface area contributed by atoms with Gasteiger partial charge in [0, 0.05) is 24.9 Å². The van der Waals surface area contributed by atoms with E-state index in [1.54, 1.807) is 0 Å². The van der Waals surface area contributed by atoms with Crippen molar-refractivity contribution < 1.29 is 0 Å². The van der Waals surface area contributed by atoms with Gasteiger partial charge in [0.1, 0.15) is 5.82 Å². The summed E-state index contributed by atoms with van der Waals surface area (Å²) in [7, 11) is 0. The van der Waals surface area contributed by atoms with Gasteiger partial charge in [0.15, 0.2) is 0 Å². The zero-order chi connectivity index (χ0) is 8.27. The Bertz CT molecular complexity index is 217. The van der Waals surface area contributed by atoms with E-state index in [1.807, 2.05) is 26.2 Å². The second-order valence-electron chi connectivity index (χ2n) is 2.76. The van der Waals surface area contributed by atoms with Crippen molar-refractivity contribution in [3.8, 4) is 0 Å². The van der Waals surface area contributed by atoms with E-state index in [0.717, 1.165) is 11.4 Å². The molecule has 1 unspecified atom stereocenters. The smallest absolute Gasteiger partial charge is 0.132 e. The maximum Gasteiger partial charge on any atom is 0.132 e. The lowest BCUT2D eigenvalue weighted by Gasteiger charge is -2.05. The van der Waals surface area contributed by atoms with Gasteiger partial charge in [-0.15, -0.1) is 0 Å². The second kappa shape index (κ2) is 3.44. The highest BCUT2D eigenvalue weighted by Crippen LogP contribution is 2.06. The first-order valence-corrected chi connectivity index (χ1v) is 3.72. The summed E-state index contributed by atoms with van der Waals surface area (Å²) in [6.45, 7) is 4.59. The zero-order valence-corrected chi connectivity index (χ0v) is 6.91. The summed E-state index contributed by atoms with van der Waals surface area (Å²) in [5, 5.41) is 0. The number of hydrogen-bond donors (Lipinski definition) is 1.